The second kappa shape index (κ2) is 9.10. The van der Waals surface area contributed by atoms with Gasteiger partial charge in [-0.05, 0) is 48.9 Å². The number of rotatable bonds is 7. The van der Waals surface area contributed by atoms with Gasteiger partial charge in [-0.3, -0.25) is 4.79 Å². The van der Waals surface area contributed by atoms with Crippen LogP contribution in [-0.4, -0.2) is 24.6 Å². The van der Waals surface area contributed by atoms with E-state index in [-0.39, 0.29) is 12.5 Å². The fourth-order valence-electron chi connectivity index (χ4n) is 2.44. The van der Waals surface area contributed by atoms with Crippen LogP contribution in [-0.2, 0) is 4.79 Å². The number of para-hydroxylation sites is 2. The Kier molecular flexibility index (Phi) is 6.34. The monoisotopic (exact) mass is 397 g/mol. The van der Waals surface area contributed by atoms with E-state index in [0.717, 1.165) is 16.9 Å². The zero-order valence-corrected chi connectivity index (χ0v) is 16.3. The molecule has 0 spiro atoms. The van der Waals surface area contributed by atoms with Gasteiger partial charge in [0.25, 0.3) is 5.91 Å². The summed E-state index contributed by atoms with van der Waals surface area (Å²) in [6, 6.07) is 16.4. The Morgan fingerprint density at radius 1 is 1.07 bits per heavy atom. The normalized spacial score (nSPS) is 10.2. The van der Waals surface area contributed by atoms with E-state index in [4.69, 9.17) is 21.1 Å². The lowest BCUT2D eigenvalue weighted by atomic mass is 10.2. The van der Waals surface area contributed by atoms with Gasteiger partial charge < -0.3 is 20.1 Å². The molecule has 2 N–H and O–H groups in total. The Morgan fingerprint density at radius 3 is 2.50 bits per heavy atom. The van der Waals surface area contributed by atoms with Crippen molar-refractivity contribution in [3.63, 3.8) is 0 Å². The molecule has 1 aromatic heterocycles. The number of pyridine rings is 1. The number of ether oxygens (including phenoxy) is 2. The van der Waals surface area contributed by atoms with Crippen molar-refractivity contribution in [2.24, 2.45) is 0 Å². The Bertz CT molecular complexity index is 961. The molecule has 1 amide bonds. The quantitative estimate of drug-likeness (QED) is 0.598. The molecule has 0 fully saturated rings. The highest BCUT2D eigenvalue weighted by atomic mass is 35.5. The van der Waals surface area contributed by atoms with E-state index in [2.05, 4.69) is 15.6 Å². The standard InChI is InChI=1S/C21H20ClN3O3/c1-14-7-8-15(11-17(14)22)24-16-9-10-20(23-12-16)25-21(26)13-28-19-6-4-3-5-18(19)27-2/h3-12,24H,13H2,1-2H3,(H,23,25,26). The number of nitrogens with zero attached hydrogens (tertiary/aromatic N) is 1. The Balaban J connectivity index is 1.54. The van der Waals surface area contributed by atoms with Gasteiger partial charge in [0.05, 0.1) is 19.0 Å². The number of aryl methyl sites for hydroxylation is 1. The molecule has 0 aliphatic heterocycles. The first kappa shape index (κ1) is 19.5. The maximum atomic E-state index is 12.1. The lowest BCUT2D eigenvalue weighted by Crippen LogP contribution is -2.20. The van der Waals surface area contributed by atoms with Crippen LogP contribution in [0.25, 0.3) is 0 Å². The number of halogens is 1. The first-order chi connectivity index (χ1) is 13.5. The highest BCUT2D eigenvalue weighted by Crippen LogP contribution is 2.26. The summed E-state index contributed by atoms with van der Waals surface area (Å²) < 4.78 is 10.7. The van der Waals surface area contributed by atoms with Crippen molar-refractivity contribution in [3.05, 3.63) is 71.4 Å². The summed E-state index contributed by atoms with van der Waals surface area (Å²) in [6.07, 6.45) is 1.63. The first-order valence-electron chi connectivity index (χ1n) is 8.60. The molecule has 0 bridgehead atoms. The Labute approximate surface area is 168 Å². The number of hydrogen-bond acceptors (Lipinski definition) is 5. The third kappa shape index (κ3) is 5.14. The van der Waals surface area contributed by atoms with Crippen LogP contribution in [0.3, 0.4) is 0 Å². The third-order valence-electron chi connectivity index (χ3n) is 3.92. The van der Waals surface area contributed by atoms with E-state index >= 15 is 0 Å². The summed E-state index contributed by atoms with van der Waals surface area (Å²) in [5.74, 6) is 1.19. The third-order valence-corrected chi connectivity index (χ3v) is 4.33. The van der Waals surface area contributed by atoms with E-state index in [9.17, 15) is 4.79 Å². The number of carbonyl (C=O) groups excluding carboxylic acids is 1. The lowest BCUT2D eigenvalue weighted by molar-refractivity contribution is -0.118. The average Bonchev–Trinajstić information content (AvgIpc) is 2.71. The molecule has 144 valence electrons. The molecule has 0 atom stereocenters. The number of methoxy groups -OCH3 is 1. The molecule has 3 rings (SSSR count). The minimum Gasteiger partial charge on any atom is -0.493 e. The number of amides is 1. The van der Waals surface area contributed by atoms with Crippen LogP contribution in [0.4, 0.5) is 17.2 Å². The van der Waals surface area contributed by atoms with Crippen molar-refractivity contribution in [1.29, 1.82) is 0 Å². The molecule has 6 nitrogen and oxygen atoms in total. The lowest BCUT2D eigenvalue weighted by Gasteiger charge is -2.11. The molecule has 0 saturated carbocycles. The minimum absolute atomic E-state index is 0.149. The van der Waals surface area contributed by atoms with Gasteiger partial charge in [0.1, 0.15) is 5.82 Å². The van der Waals surface area contributed by atoms with Gasteiger partial charge in [-0.1, -0.05) is 29.8 Å². The fraction of sp³-hybridized carbons (Fsp3) is 0.143. The smallest absolute Gasteiger partial charge is 0.263 e. The van der Waals surface area contributed by atoms with Crippen LogP contribution >= 0.6 is 11.6 Å². The summed E-state index contributed by atoms with van der Waals surface area (Å²) in [5, 5.41) is 6.60. The zero-order chi connectivity index (χ0) is 19.9. The molecule has 0 radical (unpaired) electrons. The van der Waals surface area contributed by atoms with Crippen molar-refractivity contribution < 1.29 is 14.3 Å². The Hall–Kier alpha value is -3.25. The largest absolute Gasteiger partial charge is 0.493 e. The topological polar surface area (TPSA) is 72.5 Å². The van der Waals surface area contributed by atoms with Gasteiger partial charge in [0.2, 0.25) is 0 Å². The summed E-state index contributed by atoms with van der Waals surface area (Å²) in [4.78, 5) is 16.3. The van der Waals surface area contributed by atoms with Gasteiger partial charge in [-0.15, -0.1) is 0 Å². The van der Waals surface area contributed by atoms with Crippen LogP contribution in [0, 0.1) is 6.92 Å². The molecule has 0 aliphatic rings. The van der Waals surface area contributed by atoms with Crippen LogP contribution in [0.2, 0.25) is 5.02 Å². The number of nitrogens with one attached hydrogen (secondary N) is 2. The molecule has 3 aromatic rings. The predicted molar refractivity (Wildman–Crippen MR) is 111 cm³/mol. The number of anilines is 3. The highest BCUT2D eigenvalue weighted by Gasteiger charge is 2.08. The maximum absolute atomic E-state index is 12.1. The number of carbonyl (C=O) groups is 1. The van der Waals surface area contributed by atoms with Gasteiger partial charge in [-0.25, -0.2) is 4.98 Å². The van der Waals surface area contributed by atoms with Gasteiger partial charge in [0.15, 0.2) is 18.1 Å². The summed E-state index contributed by atoms with van der Waals surface area (Å²) in [6.45, 7) is 1.80. The fourth-order valence-corrected chi connectivity index (χ4v) is 2.62. The van der Waals surface area contributed by atoms with Crippen LogP contribution in [0.5, 0.6) is 11.5 Å². The molecule has 1 heterocycles. The number of hydrogen-bond donors (Lipinski definition) is 2. The first-order valence-corrected chi connectivity index (χ1v) is 8.98. The molecule has 0 unspecified atom stereocenters. The van der Waals surface area contributed by atoms with E-state index < -0.39 is 0 Å². The van der Waals surface area contributed by atoms with Gasteiger partial charge in [0, 0.05) is 10.7 Å². The van der Waals surface area contributed by atoms with E-state index in [1.165, 1.54) is 0 Å². The number of aromatic nitrogens is 1. The minimum atomic E-state index is -0.315. The van der Waals surface area contributed by atoms with Crippen molar-refractivity contribution in [1.82, 2.24) is 4.98 Å². The van der Waals surface area contributed by atoms with Crippen LogP contribution in [0.15, 0.2) is 60.8 Å². The van der Waals surface area contributed by atoms with Crippen LogP contribution in [0.1, 0.15) is 5.56 Å². The molecule has 28 heavy (non-hydrogen) atoms. The molecule has 7 heteroatoms. The van der Waals surface area contributed by atoms with E-state index in [1.807, 2.05) is 43.3 Å². The summed E-state index contributed by atoms with van der Waals surface area (Å²) in [5.41, 5.74) is 2.65. The Morgan fingerprint density at radius 2 is 1.82 bits per heavy atom. The molecular formula is C21H20ClN3O3. The van der Waals surface area contributed by atoms with Crippen molar-refractivity contribution in [2.75, 3.05) is 24.4 Å². The summed E-state index contributed by atoms with van der Waals surface area (Å²) in [7, 11) is 1.55. The predicted octanol–water partition coefficient (Wildman–Crippen LogP) is 4.81. The summed E-state index contributed by atoms with van der Waals surface area (Å²) >= 11 is 6.13. The van der Waals surface area contributed by atoms with Crippen molar-refractivity contribution >= 4 is 34.7 Å². The second-order valence-corrected chi connectivity index (χ2v) is 6.42. The van der Waals surface area contributed by atoms with Crippen LogP contribution < -0.4 is 20.1 Å². The van der Waals surface area contributed by atoms with E-state index in [1.54, 1.807) is 31.5 Å². The molecule has 2 aromatic carbocycles. The average molecular weight is 398 g/mol. The van der Waals surface area contributed by atoms with Gasteiger partial charge in [-0.2, -0.15) is 0 Å². The molecule has 0 aliphatic carbocycles. The zero-order valence-electron chi connectivity index (χ0n) is 15.5. The molecular weight excluding hydrogens is 378 g/mol. The number of benzene rings is 2. The van der Waals surface area contributed by atoms with E-state index in [0.29, 0.717) is 22.3 Å². The van der Waals surface area contributed by atoms with Crippen molar-refractivity contribution in [2.45, 2.75) is 6.92 Å². The highest BCUT2D eigenvalue weighted by molar-refractivity contribution is 6.31. The maximum Gasteiger partial charge on any atom is 0.263 e. The second-order valence-electron chi connectivity index (χ2n) is 6.01. The SMILES string of the molecule is COc1ccccc1OCC(=O)Nc1ccc(Nc2ccc(C)c(Cl)c2)cn1. The van der Waals surface area contributed by atoms with Crippen molar-refractivity contribution in [3.8, 4) is 11.5 Å². The molecule has 0 saturated heterocycles. The van der Waals surface area contributed by atoms with Gasteiger partial charge >= 0.3 is 0 Å².